The SMILES string of the molecule is CC(C)N(C(=O)CSc1nnc(CN)o1)C1CCCCC1. The van der Waals surface area contributed by atoms with E-state index in [-0.39, 0.29) is 18.5 Å². The van der Waals surface area contributed by atoms with E-state index in [4.69, 9.17) is 10.2 Å². The number of hydrogen-bond acceptors (Lipinski definition) is 6. The molecule has 7 heteroatoms. The van der Waals surface area contributed by atoms with Gasteiger partial charge in [-0.1, -0.05) is 31.0 Å². The molecule has 6 nitrogen and oxygen atoms in total. The summed E-state index contributed by atoms with van der Waals surface area (Å²) < 4.78 is 5.31. The second-order valence-corrected chi connectivity index (χ2v) is 6.57. The van der Waals surface area contributed by atoms with Gasteiger partial charge in [0.15, 0.2) is 0 Å². The average molecular weight is 312 g/mol. The summed E-state index contributed by atoms with van der Waals surface area (Å²) in [4.78, 5) is 14.6. The van der Waals surface area contributed by atoms with Crippen LogP contribution < -0.4 is 5.73 Å². The van der Waals surface area contributed by atoms with Crippen molar-refractivity contribution in [1.82, 2.24) is 15.1 Å². The molecule has 118 valence electrons. The van der Waals surface area contributed by atoms with Gasteiger partial charge in [-0.3, -0.25) is 4.79 Å². The highest BCUT2D eigenvalue weighted by atomic mass is 32.2. The van der Waals surface area contributed by atoms with Crippen molar-refractivity contribution in [3.63, 3.8) is 0 Å². The summed E-state index contributed by atoms with van der Waals surface area (Å²) in [7, 11) is 0. The number of nitrogens with zero attached hydrogens (tertiary/aromatic N) is 3. The van der Waals surface area contributed by atoms with Crippen LogP contribution in [0.15, 0.2) is 9.64 Å². The summed E-state index contributed by atoms with van der Waals surface area (Å²) in [5.74, 6) is 0.883. The van der Waals surface area contributed by atoms with Gasteiger partial charge < -0.3 is 15.1 Å². The van der Waals surface area contributed by atoms with Crippen molar-refractivity contribution in [2.45, 2.75) is 69.8 Å². The fourth-order valence-corrected chi connectivity index (χ4v) is 3.50. The van der Waals surface area contributed by atoms with Crippen molar-refractivity contribution < 1.29 is 9.21 Å². The third-order valence-electron chi connectivity index (χ3n) is 3.75. The van der Waals surface area contributed by atoms with Crippen LogP contribution in [0, 0.1) is 0 Å². The Morgan fingerprint density at radius 3 is 2.67 bits per heavy atom. The van der Waals surface area contributed by atoms with Crippen molar-refractivity contribution in [1.29, 1.82) is 0 Å². The van der Waals surface area contributed by atoms with E-state index in [9.17, 15) is 4.79 Å². The second kappa shape index (κ2) is 7.79. The number of carbonyl (C=O) groups is 1. The predicted molar refractivity (Wildman–Crippen MR) is 81.8 cm³/mol. The Morgan fingerprint density at radius 1 is 1.38 bits per heavy atom. The van der Waals surface area contributed by atoms with E-state index in [0.29, 0.717) is 22.9 Å². The van der Waals surface area contributed by atoms with Crippen molar-refractivity contribution in [2.75, 3.05) is 5.75 Å². The van der Waals surface area contributed by atoms with Crippen LogP contribution in [0.5, 0.6) is 0 Å². The topological polar surface area (TPSA) is 85.2 Å². The Hall–Kier alpha value is -1.08. The van der Waals surface area contributed by atoms with E-state index in [1.165, 1.54) is 31.0 Å². The van der Waals surface area contributed by atoms with Crippen LogP contribution in [0.3, 0.4) is 0 Å². The molecule has 0 radical (unpaired) electrons. The molecule has 2 N–H and O–H groups in total. The highest BCUT2D eigenvalue weighted by Gasteiger charge is 2.27. The molecule has 2 rings (SSSR count). The summed E-state index contributed by atoms with van der Waals surface area (Å²) >= 11 is 1.29. The number of aromatic nitrogens is 2. The van der Waals surface area contributed by atoms with Gasteiger partial charge in [0.2, 0.25) is 11.8 Å². The zero-order valence-electron chi connectivity index (χ0n) is 12.7. The van der Waals surface area contributed by atoms with Crippen LogP contribution in [-0.2, 0) is 11.3 Å². The first-order chi connectivity index (χ1) is 10.1. The van der Waals surface area contributed by atoms with E-state index >= 15 is 0 Å². The number of hydrogen-bond donors (Lipinski definition) is 1. The Balaban J connectivity index is 1.91. The molecule has 1 aliphatic rings. The molecule has 1 saturated carbocycles. The zero-order chi connectivity index (χ0) is 15.2. The van der Waals surface area contributed by atoms with E-state index in [1.54, 1.807) is 0 Å². The molecule has 1 aromatic heterocycles. The maximum atomic E-state index is 12.5. The summed E-state index contributed by atoms with van der Waals surface area (Å²) in [6.07, 6.45) is 5.96. The van der Waals surface area contributed by atoms with Crippen molar-refractivity contribution in [3.05, 3.63) is 5.89 Å². The summed E-state index contributed by atoms with van der Waals surface area (Å²) in [5.41, 5.74) is 5.42. The molecule has 1 heterocycles. The number of thioether (sulfide) groups is 1. The lowest BCUT2D eigenvalue weighted by Gasteiger charge is -2.37. The Bertz CT molecular complexity index is 458. The minimum atomic E-state index is 0.148. The molecule has 0 saturated heterocycles. The van der Waals surface area contributed by atoms with Gasteiger partial charge in [-0.25, -0.2) is 0 Å². The van der Waals surface area contributed by atoms with Crippen molar-refractivity contribution >= 4 is 17.7 Å². The lowest BCUT2D eigenvalue weighted by atomic mass is 9.93. The largest absolute Gasteiger partial charge is 0.415 e. The molecule has 1 amide bonds. The van der Waals surface area contributed by atoms with Crippen LogP contribution in [0.4, 0.5) is 0 Å². The fourth-order valence-electron chi connectivity index (χ4n) is 2.85. The van der Waals surface area contributed by atoms with Crippen LogP contribution >= 0.6 is 11.8 Å². The summed E-state index contributed by atoms with van der Waals surface area (Å²) in [6, 6.07) is 0.609. The summed E-state index contributed by atoms with van der Waals surface area (Å²) in [6.45, 7) is 4.38. The van der Waals surface area contributed by atoms with Crippen LogP contribution in [0.1, 0.15) is 51.8 Å². The quantitative estimate of drug-likeness (QED) is 0.810. The highest BCUT2D eigenvalue weighted by Crippen LogP contribution is 2.26. The van der Waals surface area contributed by atoms with Crippen LogP contribution in [0.2, 0.25) is 0 Å². The van der Waals surface area contributed by atoms with Gasteiger partial charge in [0.25, 0.3) is 5.22 Å². The molecule has 0 aromatic carbocycles. The molecule has 21 heavy (non-hydrogen) atoms. The highest BCUT2D eigenvalue weighted by molar-refractivity contribution is 7.99. The zero-order valence-corrected chi connectivity index (χ0v) is 13.6. The predicted octanol–water partition coefficient (Wildman–Crippen LogP) is 2.19. The molecule has 0 aliphatic heterocycles. The van der Waals surface area contributed by atoms with Crippen LogP contribution in [0.25, 0.3) is 0 Å². The smallest absolute Gasteiger partial charge is 0.277 e. The van der Waals surface area contributed by atoms with Gasteiger partial charge in [-0.2, -0.15) is 0 Å². The van der Waals surface area contributed by atoms with E-state index in [1.807, 2.05) is 4.90 Å². The van der Waals surface area contributed by atoms with Gasteiger partial charge in [0, 0.05) is 12.1 Å². The van der Waals surface area contributed by atoms with Crippen LogP contribution in [-0.4, -0.2) is 38.8 Å². The molecular formula is C14H24N4O2S. The van der Waals surface area contributed by atoms with E-state index in [2.05, 4.69) is 24.0 Å². The minimum Gasteiger partial charge on any atom is -0.415 e. The first-order valence-corrected chi connectivity index (χ1v) is 8.56. The molecular weight excluding hydrogens is 288 g/mol. The second-order valence-electron chi connectivity index (χ2n) is 5.64. The van der Waals surface area contributed by atoms with Crippen molar-refractivity contribution in [3.8, 4) is 0 Å². The Kier molecular flexibility index (Phi) is 6.05. The number of amides is 1. The monoisotopic (exact) mass is 312 g/mol. The first kappa shape index (κ1) is 16.3. The molecule has 1 aliphatic carbocycles. The lowest BCUT2D eigenvalue weighted by Crippen LogP contribution is -2.46. The molecule has 0 atom stereocenters. The molecule has 0 spiro atoms. The molecule has 0 unspecified atom stereocenters. The lowest BCUT2D eigenvalue weighted by molar-refractivity contribution is -0.133. The Morgan fingerprint density at radius 2 is 2.10 bits per heavy atom. The maximum Gasteiger partial charge on any atom is 0.277 e. The normalized spacial score (nSPS) is 16.4. The maximum absolute atomic E-state index is 12.5. The molecule has 1 aromatic rings. The fraction of sp³-hybridized carbons (Fsp3) is 0.786. The van der Waals surface area contributed by atoms with E-state index < -0.39 is 0 Å². The third kappa shape index (κ3) is 4.44. The van der Waals surface area contributed by atoms with E-state index in [0.717, 1.165) is 12.8 Å². The number of rotatable bonds is 6. The minimum absolute atomic E-state index is 0.148. The standard InChI is InChI=1S/C14H24N4O2S/c1-10(2)18(11-6-4-3-5-7-11)13(19)9-21-14-17-16-12(8-15)20-14/h10-11H,3-9,15H2,1-2H3. The van der Waals surface area contributed by atoms with Gasteiger partial charge in [-0.05, 0) is 26.7 Å². The van der Waals surface area contributed by atoms with Gasteiger partial charge >= 0.3 is 0 Å². The Labute approximate surface area is 129 Å². The molecule has 1 fully saturated rings. The van der Waals surface area contributed by atoms with Crippen molar-refractivity contribution in [2.24, 2.45) is 5.73 Å². The number of nitrogens with two attached hydrogens (primary N) is 1. The van der Waals surface area contributed by atoms with Gasteiger partial charge in [-0.15, -0.1) is 10.2 Å². The average Bonchev–Trinajstić information content (AvgIpc) is 2.94. The third-order valence-corrected chi connectivity index (χ3v) is 4.56. The summed E-state index contributed by atoms with van der Waals surface area (Å²) in [5, 5.41) is 8.08. The first-order valence-electron chi connectivity index (χ1n) is 7.58. The van der Waals surface area contributed by atoms with Gasteiger partial charge in [0.1, 0.15) is 0 Å². The van der Waals surface area contributed by atoms with Gasteiger partial charge in [0.05, 0.1) is 12.3 Å². The number of carbonyl (C=O) groups excluding carboxylic acids is 1. The molecule has 0 bridgehead atoms.